The molecule has 0 bridgehead atoms. The molecule has 0 radical (unpaired) electrons. The Morgan fingerprint density at radius 1 is 1.04 bits per heavy atom. The summed E-state index contributed by atoms with van der Waals surface area (Å²) in [7, 11) is 0. The molecular formula is C19H17NO4. The Balaban J connectivity index is 1.71. The molecule has 4 rings (SSSR count). The van der Waals surface area contributed by atoms with Crippen LogP contribution in [0, 0.1) is 0 Å². The van der Waals surface area contributed by atoms with Gasteiger partial charge < -0.3 is 14.7 Å². The number of amides is 1. The van der Waals surface area contributed by atoms with Crippen LogP contribution in [-0.2, 0) is 20.7 Å². The molecule has 0 fully saturated rings. The van der Waals surface area contributed by atoms with Crippen molar-refractivity contribution in [3.8, 4) is 0 Å². The maximum Gasteiger partial charge on any atom is 0.312 e. The molecule has 2 aromatic carbocycles. The van der Waals surface area contributed by atoms with E-state index in [9.17, 15) is 14.7 Å². The molecule has 122 valence electrons. The molecule has 5 heteroatoms. The summed E-state index contributed by atoms with van der Waals surface area (Å²) in [5.41, 5.74) is 3.35. The van der Waals surface area contributed by atoms with Gasteiger partial charge in [-0.2, -0.15) is 0 Å². The van der Waals surface area contributed by atoms with Gasteiger partial charge in [-0.25, -0.2) is 0 Å². The number of anilines is 1. The second-order valence-electron chi connectivity index (χ2n) is 6.10. The van der Waals surface area contributed by atoms with Gasteiger partial charge in [0.15, 0.2) is 6.10 Å². The lowest BCUT2D eigenvalue weighted by atomic mass is 9.97. The highest BCUT2D eigenvalue weighted by molar-refractivity contribution is 6.01. The lowest BCUT2D eigenvalue weighted by Crippen LogP contribution is -2.38. The summed E-state index contributed by atoms with van der Waals surface area (Å²) in [4.78, 5) is 26.2. The SMILES string of the molecule is O=C(O)[C@H]1CN(C(=O)[C@H]2OCCc3ccccc32)c2ccccc21. The van der Waals surface area contributed by atoms with Gasteiger partial charge in [0, 0.05) is 12.2 Å². The number of hydrogen-bond acceptors (Lipinski definition) is 3. The molecule has 0 aliphatic carbocycles. The van der Waals surface area contributed by atoms with E-state index in [2.05, 4.69) is 0 Å². The number of carboxylic acids is 1. The van der Waals surface area contributed by atoms with Crippen LogP contribution in [0.1, 0.15) is 28.7 Å². The summed E-state index contributed by atoms with van der Waals surface area (Å²) in [6.45, 7) is 0.640. The number of rotatable bonds is 2. The molecule has 2 atom stereocenters. The topological polar surface area (TPSA) is 66.8 Å². The predicted octanol–water partition coefficient (Wildman–Crippen LogP) is 2.52. The van der Waals surface area contributed by atoms with Gasteiger partial charge in [-0.3, -0.25) is 9.59 Å². The first-order chi connectivity index (χ1) is 11.7. The molecule has 5 nitrogen and oxygen atoms in total. The van der Waals surface area contributed by atoms with E-state index in [4.69, 9.17) is 4.74 Å². The van der Waals surface area contributed by atoms with Gasteiger partial charge in [0.25, 0.3) is 5.91 Å². The fourth-order valence-electron chi connectivity index (χ4n) is 3.57. The first-order valence-corrected chi connectivity index (χ1v) is 7.99. The number of hydrogen-bond donors (Lipinski definition) is 1. The van der Waals surface area contributed by atoms with E-state index in [1.165, 1.54) is 0 Å². The fourth-order valence-corrected chi connectivity index (χ4v) is 3.57. The first-order valence-electron chi connectivity index (χ1n) is 7.99. The smallest absolute Gasteiger partial charge is 0.312 e. The van der Waals surface area contributed by atoms with Crippen LogP contribution in [-0.4, -0.2) is 30.1 Å². The monoisotopic (exact) mass is 323 g/mol. The third kappa shape index (κ3) is 2.29. The van der Waals surface area contributed by atoms with Gasteiger partial charge in [0.1, 0.15) is 5.92 Å². The number of carboxylic acid groups (broad SMARTS) is 1. The second kappa shape index (κ2) is 5.76. The average molecular weight is 323 g/mol. The van der Waals surface area contributed by atoms with E-state index in [0.29, 0.717) is 17.9 Å². The quantitative estimate of drug-likeness (QED) is 0.922. The number of benzene rings is 2. The highest BCUT2D eigenvalue weighted by Crippen LogP contribution is 2.39. The van der Waals surface area contributed by atoms with Gasteiger partial charge in [-0.1, -0.05) is 42.5 Å². The molecule has 0 saturated heterocycles. The van der Waals surface area contributed by atoms with Crippen LogP contribution in [0.2, 0.25) is 0 Å². The van der Waals surface area contributed by atoms with Crippen LogP contribution < -0.4 is 4.90 Å². The van der Waals surface area contributed by atoms with Crippen molar-refractivity contribution < 1.29 is 19.4 Å². The van der Waals surface area contributed by atoms with Crippen LogP contribution >= 0.6 is 0 Å². The molecule has 1 N–H and O–H groups in total. The zero-order valence-electron chi connectivity index (χ0n) is 13.0. The number of aliphatic carboxylic acids is 1. The number of carbonyl (C=O) groups excluding carboxylic acids is 1. The maximum atomic E-state index is 13.1. The van der Waals surface area contributed by atoms with E-state index in [1.807, 2.05) is 30.3 Å². The predicted molar refractivity (Wildman–Crippen MR) is 88.0 cm³/mol. The standard InChI is InChI=1S/C19H17NO4/c21-18(17-13-6-2-1-5-12(13)9-10-24-17)20-11-15(19(22)23)14-7-3-4-8-16(14)20/h1-8,15,17H,9-11H2,(H,22,23)/t15-,17-/m0/s1. The molecule has 0 unspecified atom stereocenters. The summed E-state index contributed by atoms with van der Waals surface area (Å²) in [6.07, 6.45) is 0.115. The third-order valence-corrected chi connectivity index (χ3v) is 4.75. The number of ether oxygens (including phenoxy) is 1. The second-order valence-corrected chi connectivity index (χ2v) is 6.10. The molecule has 2 aromatic rings. The van der Waals surface area contributed by atoms with Crippen molar-refractivity contribution >= 4 is 17.6 Å². The van der Waals surface area contributed by atoms with Gasteiger partial charge >= 0.3 is 5.97 Å². The number of para-hydroxylation sites is 1. The van der Waals surface area contributed by atoms with Crippen LogP contribution in [0.15, 0.2) is 48.5 Å². The Labute approximate surface area is 139 Å². The Bertz CT molecular complexity index is 817. The lowest BCUT2D eigenvalue weighted by Gasteiger charge is -2.29. The molecule has 0 aromatic heterocycles. The van der Waals surface area contributed by atoms with Crippen LogP contribution in [0.3, 0.4) is 0 Å². The van der Waals surface area contributed by atoms with Gasteiger partial charge in [0.2, 0.25) is 0 Å². The summed E-state index contributed by atoms with van der Waals surface area (Å²) in [5, 5.41) is 9.46. The Hall–Kier alpha value is -2.66. The number of carbonyl (C=O) groups is 2. The van der Waals surface area contributed by atoms with Crippen molar-refractivity contribution in [3.63, 3.8) is 0 Å². The highest BCUT2D eigenvalue weighted by atomic mass is 16.5. The highest BCUT2D eigenvalue weighted by Gasteiger charge is 2.40. The molecule has 1 amide bonds. The van der Waals surface area contributed by atoms with Crippen molar-refractivity contribution in [3.05, 3.63) is 65.2 Å². The summed E-state index contributed by atoms with van der Waals surface area (Å²) in [6, 6.07) is 15.0. The maximum absolute atomic E-state index is 13.1. The first kappa shape index (κ1) is 14.9. The molecule has 2 aliphatic heterocycles. The largest absolute Gasteiger partial charge is 0.481 e. The van der Waals surface area contributed by atoms with E-state index < -0.39 is 18.0 Å². The van der Waals surface area contributed by atoms with Gasteiger partial charge in [-0.05, 0) is 29.2 Å². The Morgan fingerprint density at radius 2 is 1.75 bits per heavy atom. The van der Waals surface area contributed by atoms with Crippen LogP contribution in [0.25, 0.3) is 0 Å². The molecule has 2 aliphatic rings. The van der Waals surface area contributed by atoms with E-state index in [0.717, 1.165) is 17.5 Å². The lowest BCUT2D eigenvalue weighted by molar-refractivity contribution is -0.138. The summed E-state index contributed by atoms with van der Waals surface area (Å²) >= 11 is 0. The van der Waals surface area contributed by atoms with Gasteiger partial charge in [-0.15, -0.1) is 0 Å². The van der Waals surface area contributed by atoms with Crippen molar-refractivity contribution in [1.82, 2.24) is 0 Å². The van der Waals surface area contributed by atoms with Crippen LogP contribution in [0.5, 0.6) is 0 Å². The molecule has 0 saturated carbocycles. The van der Waals surface area contributed by atoms with E-state index in [1.54, 1.807) is 23.1 Å². The molecular weight excluding hydrogens is 306 g/mol. The van der Waals surface area contributed by atoms with Crippen LogP contribution in [0.4, 0.5) is 5.69 Å². The molecule has 2 heterocycles. The zero-order chi connectivity index (χ0) is 16.7. The Morgan fingerprint density at radius 3 is 2.54 bits per heavy atom. The van der Waals surface area contributed by atoms with Crippen molar-refractivity contribution in [2.45, 2.75) is 18.4 Å². The van der Waals surface area contributed by atoms with E-state index in [-0.39, 0.29) is 12.5 Å². The molecule has 0 spiro atoms. The minimum Gasteiger partial charge on any atom is -0.481 e. The number of fused-ring (bicyclic) bond motifs is 2. The summed E-state index contributed by atoms with van der Waals surface area (Å²) in [5.74, 6) is -1.80. The van der Waals surface area contributed by atoms with E-state index >= 15 is 0 Å². The fraction of sp³-hybridized carbons (Fsp3) is 0.263. The van der Waals surface area contributed by atoms with Crippen molar-refractivity contribution in [2.24, 2.45) is 0 Å². The zero-order valence-corrected chi connectivity index (χ0v) is 13.0. The third-order valence-electron chi connectivity index (χ3n) is 4.75. The van der Waals surface area contributed by atoms with Crippen molar-refractivity contribution in [2.75, 3.05) is 18.1 Å². The normalized spacial score (nSPS) is 21.9. The minimum atomic E-state index is -0.914. The number of nitrogens with zero attached hydrogens (tertiary/aromatic N) is 1. The Kier molecular flexibility index (Phi) is 3.58. The summed E-state index contributed by atoms with van der Waals surface area (Å²) < 4.78 is 5.75. The van der Waals surface area contributed by atoms with Gasteiger partial charge in [0.05, 0.1) is 6.61 Å². The molecule has 24 heavy (non-hydrogen) atoms. The van der Waals surface area contributed by atoms with Crippen molar-refractivity contribution in [1.29, 1.82) is 0 Å². The average Bonchev–Trinajstić information content (AvgIpc) is 3.00. The minimum absolute atomic E-state index is 0.148.